The Kier molecular flexibility index (Phi) is 1.75. The topological polar surface area (TPSA) is 20.2 Å². The van der Waals surface area contributed by atoms with E-state index in [1.165, 1.54) is 12.8 Å². The van der Waals surface area contributed by atoms with Crippen LogP contribution in [0.15, 0.2) is 12.2 Å². The zero-order chi connectivity index (χ0) is 11.8. The van der Waals surface area contributed by atoms with E-state index in [9.17, 15) is 5.11 Å². The van der Waals surface area contributed by atoms with Gasteiger partial charge in [-0.3, -0.25) is 0 Å². The van der Waals surface area contributed by atoms with Crippen molar-refractivity contribution in [3.8, 4) is 0 Å². The molecule has 3 aliphatic rings. The van der Waals surface area contributed by atoms with E-state index in [0.29, 0.717) is 16.7 Å². The van der Waals surface area contributed by atoms with E-state index in [1.54, 1.807) is 0 Å². The normalized spacial score (nSPS) is 57.7. The number of hydrogen-bond donors (Lipinski definition) is 1. The van der Waals surface area contributed by atoms with Crippen molar-refractivity contribution in [1.29, 1.82) is 0 Å². The summed E-state index contributed by atoms with van der Waals surface area (Å²) >= 11 is 0. The van der Waals surface area contributed by atoms with Gasteiger partial charge in [-0.1, -0.05) is 32.9 Å². The minimum Gasteiger partial charge on any atom is -0.389 e. The van der Waals surface area contributed by atoms with Crippen molar-refractivity contribution in [3.05, 3.63) is 12.2 Å². The van der Waals surface area contributed by atoms with Crippen LogP contribution in [0.1, 0.15) is 53.4 Å². The van der Waals surface area contributed by atoms with Gasteiger partial charge in [0.2, 0.25) is 0 Å². The van der Waals surface area contributed by atoms with Crippen molar-refractivity contribution >= 4 is 0 Å². The first-order chi connectivity index (χ1) is 7.25. The van der Waals surface area contributed by atoms with E-state index in [0.717, 1.165) is 12.8 Å². The Bertz CT molecular complexity index is 366. The average molecular weight is 220 g/mol. The number of allylic oxidation sites excluding steroid dienone is 1. The Labute approximate surface area is 98.9 Å². The molecule has 0 radical (unpaired) electrons. The smallest absolute Gasteiger partial charge is 0.0718 e. The van der Waals surface area contributed by atoms with Crippen LogP contribution >= 0.6 is 0 Å². The Morgan fingerprint density at radius 2 is 1.88 bits per heavy atom. The van der Waals surface area contributed by atoms with Gasteiger partial charge in [0.15, 0.2) is 0 Å². The van der Waals surface area contributed by atoms with Crippen LogP contribution in [-0.2, 0) is 0 Å². The zero-order valence-corrected chi connectivity index (χ0v) is 11.0. The molecule has 3 rings (SSSR count). The maximum atomic E-state index is 10.9. The van der Waals surface area contributed by atoms with Crippen molar-refractivity contribution in [2.75, 3.05) is 0 Å². The van der Waals surface area contributed by atoms with Gasteiger partial charge in [0.25, 0.3) is 0 Å². The van der Waals surface area contributed by atoms with E-state index in [4.69, 9.17) is 0 Å². The summed E-state index contributed by atoms with van der Waals surface area (Å²) in [5.41, 5.74) is 0.248. The second-order valence-corrected chi connectivity index (χ2v) is 7.57. The molecule has 90 valence electrons. The fourth-order valence-corrected chi connectivity index (χ4v) is 5.83. The fraction of sp³-hybridized carbons (Fsp3) is 0.867. The minimum atomic E-state index is -0.493. The molecular weight excluding hydrogens is 196 g/mol. The lowest BCUT2D eigenvalue weighted by atomic mass is 9.60. The second-order valence-electron chi connectivity index (χ2n) is 7.57. The monoisotopic (exact) mass is 220 g/mol. The lowest BCUT2D eigenvalue weighted by Crippen LogP contribution is -2.48. The predicted octanol–water partition coefficient (Wildman–Crippen LogP) is 3.53. The summed E-state index contributed by atoms with van der Waals surface area (Å²) in [5.74, 6) is 0.666. The van der Waals surface area contributed by atoms with Gasteiger partial charge >= 0.3 is 0 Å². The Hall–Kier alpha value is -0.300. The van der Waals surface area contributed by atoms with Gasteiger partial charge in [0.1, 0.15) is 0 Å². The van der Waals surface area contributed by atoms with Crippen LogP contribution in [0.25, 0.3) is 0 Å². The highest BCUT2D eigenvalue weighted by Crippen LogP contribution is 2.76. The van der Waals surface area contributed by atoms with Crippen LogP contribution < -0.4 is 0 Å². The van der Waals surface area contributed by atoms with E-state index in [1.807, 2.05) is 0 Å². The van der Waals surface area contributed by atoms with Crippen molar-refractivity contribution in [2.45, 2.75) is 59.0 Å². The SMILES string of the molecule is CC1(C)C[C@@]2(C)CC=CC23[C@@H]1CC[C@@]3(C)O. The molecule has 1 N–H and O–H groups in total. The molecule has 0 amide bonds. The molecule has 1 unspecified atom stereocenters. The molecule has 3 aliphatic carbocycles. The molecule has 0 aromatic carbocycles. The summed E-state index contributed by atoms with van der Waals surface area (Å²) in [7, 11) is 0. The standard InChI is InChI=1S/C15H24O/c1-12(2)10-13(3)7-5-8-15(13)11(12)6-9-14(15,4)16/h5,8,11,16H,6-7,9-10H2,1-4H3/t11-,13-,14-,15?/m1/s1. The molecule has 4 atom stereocenters. The van der Waals surface area contributed by atoms with Crippen molar-refractivity contribution in [1.82, 2.24) is 0 Å². The van der Waals surface area contributed by atoms with Crippen LogP contribution in [0.2, 0.25) is 0 Å². The molecule has 2 fully saturated rings. The van der Waals surface area contributed by atoms with Crippen LogP contribution in [0.4, 0.5) is 0 Å². The molecule has 2 saturated carbocycles. The van der Waals surface area contributed by atoms with Crippen LogP contribution in [-0.4, -0.2) is 10.7 Å². The molecule has 0 saturated heterocycles. The molecule has 1 spiro atoms. The van der Waals surface area contributed by atoms with E-state index >= 15 is 0 Å². The van der Waals surface area contributed by atoms with Crippen molar-refractivity contribution in [3.63, 3.8) is 0 Å². The summed E-state index contributed by atoms with van der Waals surface area (Å²) < 4.78 is 0. The number of hydrogen-bond acceptors (Lipinski definition) is 1. The Morgan fingerprint density at radius 1 is 1.19 bits per heavy atom. The van der Waals surface area contributed by atoms with Crippen molar-refractivity contribution in [2.24, 2.45) is 22.2 Å². The van der Waals surface area contributed by atoms with Gasteiger partial charge in [-0.05, 0) is 49.4 Å². The maximum absolute atomic E-state index is 10.9. The van der Waals surface area contributed by atoms with E-state index in [2.05, 4.69) is 39.8 Å². The molecule has 0 heterocycles. The zero-order valence-electron chi connectivity index (χ0n) is 11.0. The van der Waals surface area contributed by atoms with Gasteiger partial charge in [-0.15, -0.1) is 0 Å². The largest absolute Gasteiger partial charge is 0.389 e. The predicted molar refractivity (Wildman–Crippen MR) is 66.0 cm³/mol. The lowest BCUT2D eigenvalue weighted by molar-refractivity contribution is -0.0776. The van der Waals surface area contributed by atoms with E-state index < -0.39 is 5.60 Å². The highest BCUT2D eigenvalue weighted by Gasteiger charge is 2.72. The first kappa shape index (κ1) is 10.8. The second kappa shape index (κ2) is 2.58. The number of aliphatic hydroxyl groups is 1. The Morgan fingerprint density at radius 3 is 2.56 bits per heavy atom. The molecule has 0 aromatic rings. The van der Waals surface area contributed by atoms with E-state index in [-0.39, 0.29) is 5.41 Å². The molecule has 1 nitrogen and oxygen atoms in total. The highest BCUT2D eigenvalue weighted by molar-refractivity contribution is 5.32. The third-order valence-electron chi connectivity index (χ3n) is 6.10. The molecular formula is C15H24O. The molecule has 0 aliphatic heterocycles. The minimum absolute atomic E-state index is 0.0590. The fourth-order valence-electron chi connectivity index (χ4n) is 5.83. The van der Waals surface area contributed by atoms with Crippen LogP contribution in [0, 0.1) is 22.2 Å². The van der Waals surface area contributed by atoms with Crippen LogP contribution in [0.5, 0.6) is 0 Å². The maximum Gasteiger partial charge on any atom is 0.0718 e. The summed E-state index contributed by atoms with van der Waals surface area (Å²) in [6.45, 7) is 9.27. The first-order valence-corrected chi connectivity index (χ1v) is 6.65. The van der Waals surface area contributed by atoms with Gasteiger partial charge in [-0.2, -0.15) is 0 Å². The Balaban J connectivity index is 2.21. The summed E-state index contributed by atoms with van der Waals surface area (Å²) in [5, 5.41) is 10.9. The van der Waals surface area contributed by atoms with Gasteiger partial charge in [0.05, 0.1) is 5.60 Å². The lowest BCUT2D eigenvalue weighted by Gasteiger charge is -2.46. The van der Waals surface area contributed by atoms with Gasteiger partial charge < -0.3 is 5.11 Å². The first-order valence-electron chi connectivity index (χ1n) is 6.65. The quantitative estimate of drug-likeness (QED) is 0.619. The summed E-state index contributed by atoms with van der Waals surface area (Å²) in [6.07, 6.45) is 9.28. The third kappa shape index (κ3) is 0.895. The summed E-state index contributed by atoms with van der Waals surface area (Å²) in [6, 6.07) is 0. The van der Waals surface area contributed by atoms with Gasteiger partial charge in [-0.25, -0.2) is 0 Å². The highest BCUT2D eigenvalue weighted by atomic mass is 16.3. The number of rotatable bonds is 0. The van der Waals surface area contributed by atoms with Crippen molar-refractivity contribution < 1.29 is 5.11 Å². The van der Waals surface area contributed by atoms with Crippen LogP contribution in [0.3, 0.4) is 0 Å². The third-order valence-corrected chi connectivity index (χ3v) is 6.10. The molecule has 0 bridgehead atoms. The average Bonchev–Trinajstić information content (AvgIpc) is 2.59. The van der Waals surface area contributed by atoms with Gasteiger partial charge in [0, 0.05) is 5.41 Å². The molecule has 16 heavy (non-hydrogen) atoms. The molecule has 0 aromatic heterocycles. The summed E-state index contributed by atoms with van der Waals surface area (Å²) in [4.78, 5) is 0. The molecule has 1 heteroatoms.